The number of Topliss-reactive ketones (excluding diaryl/α,β-unsaturated/α-hetero) is 1. The molecule has 4 heteroatoms. The zero-order valence-corrected chi connectivity index (χ0v) is 16.5. The Kier molecular flexibility index (Phi) is 7.31. The number of carbonyl (C=O) groups is 2. The monoisotopic (exact) mass is 392 g/mol. The molecule has 27 heavy (non-hydrogen) atoms. The third-order valence-electron chi connectivity index (χ3n) is 3.92. The Bertz CT molecular complexity index is 873. The van der Waals surface area contributed by atoms with E-state index >= 15 is 0 Å². The average Bonchev–Trinajstić information content (AvgIpc) is 2.73. The van der Waals surface area contributed by atoms with Crippen LogP contribution >= 0.6 is 23.5 Å². The van der Waals surface area contributed by atoms with E-state index in [1.54, 1.807) is 41.7 Å². The van der Waals surface area contributed by atoms with Crippen LogP contribution in [-0.2, 0) is 4.79 Å². The van der Waals surface area contributed by atoms with Crippen LogP contribution in [0.1, 0.15) is 22.3 Å². The van der Waals surface area contributed by atoms with Crippen molar-refractivity contribution < 1.29 is 9.59 Å². The Morgan fingerprint density at radius 2 is 1.44 bits per heavy atom. The molecule has 2 nitrogen and oxygen atoms in total. The maximum absolute atomic E-state index is 13.0. The topological polar surface area (TPSA) is 34.1 Å². The van der Waals surface area contributed by atoms with Crippen molar-refractivity contribution in [3.05, 3.63) is 99.8 Å². The van der Waals surface area contributed by atoms with E-state index in [4.69, 9.17) is 0 Å². The van der Waals surface area contributed by atoms with E-state index in [-0.39, 0.29) is 11.6 Å². The van der Waals surface area contributed by atoms with Gasteiger partial charge in [0, 0.05) is 5.56 Å². The minimum absolute atomic E-state index is 0.200. The number of hydrogen-bond donors (Lipinski definition) is 0. The smallest absolute Gasteiger partial charge is 0.198 e. The highest BCUT2D eigenvalue weighted by Gasteiger charge is 2.24. The van der Waals surface area contributed by atoms with Crippen LogP contribution in [-0.4, -0.2) is 23.1 Å². The fourth-order valence-corrected chi connectivity index (χ4v) is 5.21. The van der Waals surface area contributed by atoms with E-state index in [0.29, 0.717) is 11.1 Å². The van der Waals surface area contributed by atoms with Crippen molar-refractivity contribution in [2.75, 3.05) is 11.5 Å². The zero-order chi connectivity index (χ0) is 18.9. The second kappa shape index (κ2) is 10.1. The molecule has 0 atom stereocenters. The molecule has 1 saturated heterocycles. The van der Waals surface area contributed by atoms with Gasteiger partial charge in [0.2, 0.25) is 0 Å². The first-order valence-electron chi connectivity index (χ1n) is 8.79. The van der Waals surface area contributed by atoms with Crippen molar-refractivity contribution >= 4 is 41.2 Å². The molecule has 2 aromatic rings. The van der Waals surface area contributed by atoms with Crippen LogP contribution in [0.2, 0.25) is 0 Å². The highest BCUT2D eigenvalue weighted by atomic mass is 32.2. The first-order valence-corrected chi connectivity index (χ1v) is 10.8. The Morgan fingerprint density at radius 1 is 0.815 bits per heavy atom. The number of carbonyl (C=O) groups excluding carboxylic acids is 2. The summed E-state index contributed by atoms with van der Waals surface area (Å²) >= 11 is 3.22. The first kappa shape index (κ1) is 19.5. The van der Waals surface area contributed by atoms with Crippen molar-refractivity contribution in [1.82, 2.24) is 0 Å². The maximum Gasteiger partial charge on any atom is 0.198 e. The molecule has 0 N–H and O–H groups in total. The third kappa shape index (κ3) is 5.59. The number of thioether (sulfide) groups is 2. The van der Waals surface area contributed by atoms with Crippen molar-refractivity contribution in [2.24, 2.45) is 0 Å². The highest BCUT2D eigenvalue weighted by molar-refractivity contribution is 8.22. The van der Waals surface area contributed by atoms with E-state index in [0.717, 1.165) is 27.7 Å². The SMILES string of the molecule is O=C(C=CC=Cc1ccccc1)C(C(=O)c1ccccc1)=C1SCCCS1. The Morgan fingerprint density at radius 3 is 2.11 bits per heavy atom. The molecule has 0 radical (unpaired) electrons. The zero-order valence-electron chi connectivity index (χ0n) is 14.8. The van der Waals surface area contributed by atoms with Gasteiger partial charge in [0.05, 0.1) is 9.81 Å². The summed E-state index contributed by atoms with van der Waals surface area (Å²) in [6.07, 6.45) is 8.03. The van der Waals surface area contributed by atoms with Gasteiger partial charge in [-0.15, -0.1) is 23.5 Å². The highest BCUT2D eigenvalue weighted by Crippen LogP contribution is 2.38. The van der Waals surface area contributed by atoms with Gasteiger partial charge in [-0.05, 0) is 29.6 Å². The van der Waals surface area contributed by atoms with E-state index in [1.807, 2.05) is 60.7 Å². The molecule has 1 aliphatic rings. The van der Waals surface area contributed by atoms with Gasteiger partial charge in [-0.25, -0.2) is 0 Å². The van der Waals surface area contributed by atoms with Crippen molar-refractivity contribution in [3.8, 4) is 0 Å². The second-order valence-electron chi connectivity index (χ2n) is 5.90. The number of hydrogen-bond acceptors (Lipinski definition) is 4. The van der Waals surface area contributed by atoms with Gasteiger partial charge in [-0.1, -0.05) is 78.9 Å². The number of ketones is 2. The molecule has 3 rings (SSSR count). The van der Waals surface area contributed by atoms with Gasteiger partial charge >= 0.3 is 0 Å². The van der Waals surface area contributed by atoms with E-state index < -0.39 is 0 Å². The minimum atomic E-state index is -0.238. The molecule has 0 bridgehead atoms. The number of allylic oxidation sites excluding steroid dienone is 4. The molecule has 0 saturated carbocycles. The predicted octanol–water partition coefficient (Wildman–Crippen LogP) is 5.79. The number of rotatable bonds is 6. The summed E-state index contributed by atoms with van der Waals surface area (Å²) in [5, 5.41) is 0. The lowest BCUT2D eigenvalue weighted by atomic mass is 10.0. The summed E-state index contributed by atoms with van der Waals surface area (Å²) < 4.78 is 0.844. The molecule has 0 aliphatic carbocycles. The van der Waals surface area contributed by atoms with Crippen LogP contribution in [0.15, 0.2) is 88.7 Å². The minimum Gasteiger partial charge on any atom is -0.289 e. The van der Waals surface area contributed by atoms with Crippen molar-refractivity contribution in [3.63, 3.8) is 0 Å². The van der Waals surface area contributed by atoms with Crippen molar-refractivity contribution in [1.29, 1.82) is 0 Å². The van der Waals surface area contributed by atoms with Gasteiger partial charge in [0.1, 0.15) is 0 Å². The first-order chi connectivity index (χ1) is 13.3. The van der Waals surface area contributed by atoms with Gasteiger partial charge in [0.15, 0.2) is 11.6 Å². The summed E-state index contributed by atoms with van der Waals surface area (Å²) in [5.41, 5.74) is 1.90. The van der Waals surface area contributed by atoms with Gasteiger partial charge in [-0.2, -0.15) is 0 Å². The Labute approximate surface area is 168 Å². The van der Waals surface area contributed by atoms with E-state index in [9.17, 15) is 9.59 Å². The van der Waals surface area contributed by atoms with Gasteiger partial charge in [-0.3, -0.25) is 9.59 Å². The molecule has 0 spiro atoms. The molecule has 136 valence electrons. The van der Waals surface area contributed by atoms with Crippen LogP contribution in [0.25, 0.3) is 6.08 Å². The van der Waals surface area contributed by atoms with Crippen LogP contribution in [0, 0.1) is 0 Å². The third-order valence-corrected chi connectivity index (χ3v) is 6.54. The fraction of sp³-hybridized carbons (Fsp3) is 0.130. The quantitative estimate of drug-likeness (QED) is 0.205. The average molecular weight is 393 g/mol. The lowest BCUT2D eigenvalue weighted by Crippen LogP contribution is -2.14. The largest absolute Gasteiger partial charge is 0.289 e. The maximum atomic E-state index is 13.0. The van der Waals surface area contributed by atoms with Gasteiger partial charge < -0.3 is 0 Å². The van der Waals surface area contributed by atoms with Crippen LogP contribution in [0.4, 0.5) is 0 Å². The fourth-order valence-electron chi connectivity index (χ4n) is 2.57. The van der Waals surface area contributed by atoms with Gasteiger partial charge in [0.25, 0.3) is 0 Å². The lowest BCUT2D eigenvalue weighted by molar-refractivity contribution is -0.111. The summed E-state index contributed by atoms with van der Waals surface area (Å²) in [6, 6.07) is 18.9. The molecule has 1 fully saturated rings. The lowest BCUT2D eigenvalue weighted by Gasteiger charge is -2.16. The van der Waals surface area contributed by atoms with E-state index in [2.05, 4.69) is 0 Å². The molecule has 0 aromatic heterocycles. The number of benzene rings is 2. The van der Waals surface area contributed by atoms with Crippen LogP contribution in [0.5, 0.6) is 0 Å². The molecule has 0 unspecified atom stereocenters. The van der Waals surface area contributed by atoms with Crippen LogP contribution in [0.3, 0.4) is 0 Å². The Hall–Kier alpha value is -2.30. The molecular formula is C23H20O2S2. The molecule has 1 aliphatic heterocycles. The molecule has 2 aromatic carbocycles. The summed E-state index contributed by atoms with van der Waals surface area (Å²) in [4.78, 5) is 25.8. The molecular weight excluding hydrogens is 372 g/mol. The second-order valence-corrected chi connectivity index (χ2v) is 8.37. The normalized spacial score (nSPS) is 14.6. The molecule has 1 heterocycles. The van der Waals surface area contributed by atoms with Crippen molar-refractivity contribution in [2.45, 2.75) is 6.42 Å². The summed E-state index contributed by atoms with van der Waals surface area (Å²) in [6.45, 7) is 0. The summed E-state index contributed by atoms with van der Waals surface area (Å²) in [5.74, 6) is 1.45. The predicted molar refractivity (Wildman–Crippen MR) is 117 cm³/mol. The Balaban J connectivity index is 1.82. The standard InChI is InChI=1S/C23H20O2S2/c24-20(15-8-7-12-18-10-3-1-4-11-18)21(23-26-16-9-17-27-23)22(25)19-13-5-2-6-14-19/h1-8,10-15H,9,16-17H2. The van der Waals surface area contributed by atoms with E-state index in [1.165, 1.54) is 6.08 Å². The van der Waals surface area contributed by atoms with Crippen LogP contribution < -0.4 is 0 Å². The molecule has 0 amide bonds. The summed E-state index contributed by atoms with van der Waals surface area (Å²) in [7, 11) is 0.